The molecule has 0 radical (unpaired) electrons. The van der Waals surface area contributed by atoms with Crippen molar-refractivity contribution in [3.63, 3.8) is 0 Å². The molecule has 0 bridgehead atoms. The highest BCUT2D eigenvalue weighted by Gasteiger charge is 2.23. The van der Waals surface area contributed by atoms with Gasteiger partial charge in [-0.1, -0.05) is 36.2 Å². The number of esters is 1. The minimum atomic E-state index is -0.499. The number of nitrogens with one attached hydrogen (secondary N) is 1. The second-order valence-electron chi connectivity index (χ2n) is 6.98. The maximum absolute atomic E-state index is 13.0. The third kappa shape index (κ3) is 4.38. The molecule has 0 spiro atoms. The quantitative estimate of drug-likeness (QED) is 0.511. The summed E-state index contributed by atoms with van der Waals surface area (Å²) < 4.78 is 5.37. The number of amides is 1. The topological polar surface area (TPSA) is 81.2 Å². The van der Waals surface area contributed by atoms with Gasteiger partial charge in [-0.25, -0.2) is 9.78 Å². The molecule has 0 atom stereocenters. The van der Waals surface area contributed by atoms with Crippen molar-refractivity contribution in [3.8, 4) is 0 Å². The number of aromatic nitrogens is 2. The molecule has 1 amide bonds. The molecule has 0 saturated heterocycles. The Morgan fingerprint density at radius 1 is 1.07 bits per heavy atom. The first-order chi connectivity index (χ1) is 14.1. The van der Waals surface area contributed by atoms with E-state index in [4.69, 9.17) is 21.3 Å². The van der Waals surface area contributed by atoms with E-state index in [0.29, 0.717) is 16.4 Å². The van der Waals surface area contributed by atoms with Gasteiger partial charge in [0.2, 0.25) is 0 Å². The number of benzene rings is 1. The maximum atomic E-state index is 13.0. The van der Waals surface area contributed by atoms with Crippen LogP contribution in [-0.4, -0.2) is 28.5 Å². The molecule has 0 unspecified atom stereocenters. The fourth-order valence-electron chi connectivity index (χ4n) is 3.61. The number of ether oxygens (including phenoxy) is 1. The van der Waals surface area contributed by atoms with Gasteiger partial charge in [-0.15, -0.1) is 0 Å². The molecule has 29 heavy (non-hydrogen) atoms. The highest BCUT2D eigenvalue weighted by atomic mass is 35.5. The Morgan fingerprint density at radius 3 is 2.72 bits per heavy atom. The van der Waals surface area contributed by atoms with Crippen LogP contribution < -0.4 is 5.32 Å². The number of carbonyl (C=O) groups is 2. The second kappa shape index (κ2) is 8.57. The van der Waals surface area contributed by atoms with Crippen molar-refractivity contribution in [2.24, 2.45) is 0 Å². The number of anilines is 1. The summed E-state index contributed by atoms with van der Waals surface area (Å²) in [6.45, 7) is -0.394. The number of aryl methyl sites for hydroxylation is 1. The van der Waals surface area contributed by atoms with Gasteiger partial charge in [0.05, 0.1) is 16.1 Å². The van der Waals surface area contributed by atoms with Gasteiger partial charge in [0.15, 0.2) is 6.61 Å². The number of hydrogen-bond acceptors (Lipinski definition) is 5. The molecule has 0 saturated carbocycles. The van der Waals surface area contributed by atoms with Gasteiger partial charge in [0.1, 0.15) is 5.82 Å². The minimum Gasteiger partial charge on any atom is -0.452 e. The van der Waals surface area contributed by atoms with E-state index in [1.165, 1.54) is 6.20 Å². The Balaban J connectivity index is 1.55. The molecule has 6 nitrogen and oxygen atoms in total. The van der Waals surface area contributed by atoms with Crippen LogP contribution in [0, 0.1) is 0 Å². The van der Waals surface area contributed by atoms with Crippen molar-refractivity contribution in [1.29, 1.82) is 0 Å². The minimum absolute atomic E-state index is 0.346. The Hall–Kier alpha value is -2.99. The van der Waals surface area contributed by atoms with Crippen LogP contribution in [0.3, 0.4) is 0 Å². The van der Waals surface area contributed by atoms with Crippen molar-refractivity contribution in [2.45, 2.75) is 32.1 Å². The van der Waals surface area contributed by atoms with Crippen LogP contribution in [0.5, 0.6) is 0 Å². The Labute approximate surface area is 173 Å². The molecule has 1 aliphatic carbocycles. The van der Waals surface area contributed by atoms with Crippen LogP contribution in [-0.2, 0) is 22.4 Å². The number of rotatable bonds is 4. The SMILES string of the molecule is O=C(COC(=O)c1c2c(nc3ccccc13)CCCCC2)Nc1ccc(Cl)cn1. The van der Waals surface area contributed by atoms with E-state index in [0.717, 1.165) is 54.3 Å². The monoisotopic (exact) mass is 409 g/mol. The van der Waals surface area contributed by atoms with Crippen LogP contribution in [0.15, 0.2) is 42.6 Å². The molecule has 1 aliphatic rings. The Bertz CT molecular complexity index is 1070. The van der Waals surface area contributed by atoms with E-state index in [9.17, 15) is 9.59 Å². The van der Waals surface area contributed by atoms with E-state index in [2.05, 4.69) is 10.3 Å². The number of halogens is 1. The molecule has 7 heteroatoms. The lowest BCUT2D eigenvalue weighted by molar-refractivity contribution is -0.119. The standard InChI is InChI=1S/C22H20ClN3O3/c23-14-10-11-19(24-12-14)26-20(27)13-29-22(28)21-15-6-2-1-3-8-17(15)25-18-9-5-4-7-16(18)21/h4-5,7,9-12H,1-3,6,8,13H2,(H,24,26,27). The lowest BCUT2D eigenvalue weighted by Crippen LogP contribution is -2.22. The number of hydrogen-bond donors (Lipinski definition) is 1. The second-order valence-corrected chi connectivity index (χ2v) is 7.41. The van der Waals surface area contributed by atoms with Gasteiger partial charge >= 0.3 is 5.97 Å². The average molecular weight is 410 g/mol. The predicted molar refractivity (Wildman–Crippen MR) is 111 cm³/mol. The van der Waals surface area contributed by atoms with Crippen molar-refractivity contribution in [2.75, 3.05) is 11.9 Å². The summed E-state index contributed by atoms with van der Waals surface area (Å²) in [4.78, 5) is 33.9. The Morgan fingerprint density at radius 2 is 1.90 bits per heavy atom. The Kier molecular flexibility index (Phi) is 5.71. The third-order valence-corrected chi connectivity index (χ3v) is 5.18. The van der Waals surface area contributed by atoms with Gasteiger partial charge in [0, 0.05) is 17.3 Å². The average Bonchev–Trinajstić information content (AvgIpc) is 2.97. The molecule has 0 aliphatic heterocycles. The van der Waals surface area contributed by atoms with E-state index in [-0.39, 0.29) is 0 Å². The number of fused-ring (bicyclic) bond motifs is 2. The van der Waals surface area contributed by atoms with Crippen LogP contribution >= 0.6 is 11.6 Å². The van der Waals surface area contributed by atoms with Crippen LogP contribution in [0.2, 0.25) is 5.02 Å². The summed E-state index contributed by atoms with van der Waals surface area (Å²) in [5.74, 6) is -0.614. The van der Waals surface area contributed by atoms with Crippen molar-refractivity contribution < 1.29 is 14.3 Å². The molecular formula is C22H20ClN3O3. The van der Waals surface area contributed by atoms with Crippen LogP contribution in [0.1, 0.15) is 40.9 Å². The normalized spacial score (nSPS) is 13.4. The molecule has 0 fully saturated rings. The summed E-state index contributed by atoms with van der Waals surface area (Å²) >= 11 is 5.79. The zero-order valence-electron chi connectivity index (χ0n) is 15.8. The molecule has 148 valence electrons. The fraction of sp³-hybridized carbons (Fsp3) is 0.273. The smallest absolute Gasteiger partial charge is 0.339 e. The first kappa shape index (κ1) is 19.3. The molecule has 4 rings (SSSR count). The molecular weight excluding hydrogens is 390 g/mol. The number of nitrogens with zero attached hydrogens (tertiary/aromatic N) is 2. The van der Waals surface area contributed by atoms with Crippen LogP contribution in [0.4, 0.5) is 5.82 Å². The zero-order valence-corrected chi connectivity index (χ0v) is 16.5. The van der Waals surface area contributed by atoms with E-state index in [1.54, 1.807) is 12.1 Å². The number of pyridine rings is 2. The highest BCUT2D eigenvalue weighted by molar-refractivity contribution is 6.30. The molecule has 2 heterocycles. The van der Waals surface area contributed by atoms with Gasteiger partial charge in [-0.3, -0.25) is 9.78 Å². The molecule has 2 aromatic heterocycles. The third-order valence-electron chi connectivity index (χ3n) is 4.95. The van der Waals surface area contributed by atoms with Crippen LogP contribution in [0.25, 0.3) is 10.9 Å². The lowest BCUT2D eigenvalue weighted by Gasteiger charge is -2.15. The zero-order chi connectivity index (χ0) is 20.2. The first-order valence-electron chi connectivity index (χ1n) is 9.61. The number of para-hydroxylation sites is 1. The molecule has 1 N–H and O–H groups in total. The van der Waals surface area contributed by atoms with Gasteiger partial charge < -0.3 is 10.1 Å². The summed E-state index contributed by atoms with van der Waals surface area (Å²) in [6, 6.07) is 10.8. The van der Waals surface area contributed by atoms with Crippen molar-refractivity contribution in [1.82, 2.24) is 9.97 Å². The summed E-state index contributed by atoms with van der Waals surface area (Å²) in [5, 5.41) is 3.82. The van der Waals surface area contributed by atoms with Gasteiger partial charge in [-0.2, -0.15) is 0 Å². The number of carbonyl (C=O) groups excluding carboxylic acids is 2. The van der Waals surface area contributed by atoms with E-state index in [1.807, 2.05) is 24.3 Å². The van der Waals surface area contributed by atoms with Crippen molar-refractivity contribution >= 4 is 40.2 Å². The van der Waals surface area contributed by atoms with Gasteiger partial charge in [-0.05, 0) is 49.4 Å². The fourth-order valence-corrected chi connectivity index (χ4v) is 3.73. The molecule has 3 aromatic rings. The van der Waals surface area contributed by atoms with E-state index >= 15 is 0 Å². The summed E-state index contributed by atoms with van der Waals surface area (Å²) in [5.41, 5.74) is 3.22. The maximum Gasteiger partial charge on any atom is 0.339 e. The highest BCUT2D eigenvalue weighted by Crippen LogP contribution is 2.29. The predicted octanol–water partition coefficient (Wildman–Crippen LogP) is 4.35. The largest absolute Gasteiger partial charge is 0.452 e. The lowest BCUT2D eigenvalue weighted by atomic mass is 9.97. The van der Waals surface area contributed by atoms with Gasteiger partial charge in [0.25, 0.3) is 5.91 Å². The summed E-state index contributed by atoms with van der Waals surface area (Å²) in [7, 11) is 0. The van der Waals surface area contributed by atoms with E-state index < -0.39 is 18.5 Å². The van der Waals surface area contributed by atoms with Crippen molar-refractivity contribution in [3.05, 3.63) is 64.4 Å². The first-order valence-corrected chi connectivity index (χ1v) is 9.98. The molecule has 1 aromatic carbocycles. The summed E-state index contributed by atoms with van der Waals surface area (Å²) in [6.07, 6.45) is 6.25.